The maximum atomic E-state index is 12.4. The van der Waals surface area contributed by atoms with Gasteiger partial charge in [-0.05, 0) is 19.8 Å². The summed E-state index contributed by atoms with van der Waals surface area (Å²) in [5.74, 6) is 2.37. The fraction of sp³-hybridized carbons (Fsp3) is 0.529. The van der Waals surface area contributed by atoms with E-state index in [1.807, 2.05) is 15.7 Å². The molecule has 0 spiro atoms. The van der Waals surface area contributed by atoms with Crippen LogP contribution in [0.3, 0.4) is 0 Å². The second-order valence-corrected chi connectivity index (χ2v) is 6.71. The third kappa shape index (κ3) is 3.74. The number of hydrogen-bond donors (Lipinski definition) is 0. The lowest BCUT2D eigenvalue weighted by Crippen LogP contribution is -2.40. The van der Waals surface area contributed by atoms with Crippen molar-refractivity contribution in [3.8, 4) is 0 Å². The summed E-state index contributed by atoms with van der Waals surface area (Å²) in [4.78, 5) is 18.4. The van der Waals surface area contributed by atoms with E-state index in [0.29, 0.717) is 12.5 Å². The number of piperidine rings is 1. The molecule has 4 heterocycles. The van der Waals surface area contributed by atoms with Crippen molar-refractivity contribution in [2.75, 3.05) is 13.1 Å². The van der Waals surface area contributed by atoms with E-state index in [1.165, 1.54) is 0 Å². The Morgan fingerprint density at radius 1 is 1.19 bits per heavy atom. The van der Waals surface area contributed by atoms with Gasteiger partial charge in [0.15, 0.2) is 5.82 Å². The Bertz CT molecular complexity index is 861. The molecule has 1 fully saturated rings. The van der Waals surface area contributed by atoms with Crippen LogP contribution < -0.4 is 0 Å². The van der Waals surface area contributed by atoms with Crippen molar-refractivity contribution in [1.82, 2.24) is 44.2 Å². The highest BCUT2D eigenvalue weighted by molar-refractivity contribution is 5.76. The highest BCUT2D eigenvalue weighted by Crippen LogP contribution is 2.27. The van der Waals surface area contributed by atoms with E-state index in [9.17, 15) is 4.79 Å². The molecule has 3 aromatic heterocycles. The van der Waals surface area contributed by atoms with Gasteiger partial charge in [-0.15, -0.1) is 15.3 Å². The van der Waals surface area contributed by atoms with E-state index in [-0.39, 0.29) is 12.5 Å². The number of imidazole rings is 1. The van der Waals surface area contributed by atoms with Crippen LogP contribution in [0.25, 0.3) is 0 Å². The zero-order valence-corrected chi connectivity index (χ0v) is 15.3. The van der Waals surface area contributed by atoms with Crippen molar-refractivity contribution in [3.63, 3.8) is 0 Å². The summed E-state index contributed by atoms with van der Waals surface area (Å²) in [6, 6.07) is 0. The molecule has 1 aliphatic rings. The average molecular weight is 369 g/mol. The van der Waals surface area contributed by atoms with Gasteiger partial charge in [-0.3, -0.25) is 4.79 Å². The van der Waals surface area contributed by atoms with Crippen molar-refractivity contribution >= 4 is 5.91 Å². The predicted octanol–water partition coefficient (Wildman–Crippen LogP) is 0.540. The number of carbonyl (C=O) groups is 1. The second kappa shape index (κ2) is 7.68. The van der Waals surface area contributed by atoms with Crippen LogP contribution in [0.4, 0.5) is 0 Å². The molecule has 0 bridgehead atoms. The number of rotatable bonds is 6. The van der Waals surface area contributed by atoms with Crippen LogP contribution in [0.5, 0.6) is 0 Å². The molecule has 3 aromatic rings. The molecule has 0 aliphatic carbocycles. The van der Waals surface area contributed by atoms with Crippen LogP contribution in [0, 0.1) is 0 Å². The molecule has 4 rings (SSSR count). The average Bonchev–Trinajstić information content (AvgIpc) is 3.44. The van der Waals surface area contributed by atoms with Gasteiger partial charge in [-0.1, -0.05) is 5.21 Å². The van der Waals surface area contributed by atoms with E-state index in [1.54, 1.807) is 29.6 Å². The van der Waals surface area contributed by atoms with Gasteiger partial charge < -0.3 is 14.0 Å². The monoisotopic (exact) mass is 369 g/mol. The SMILES string of the molecule is CCn1c(Cn2ccnc2)nnc1C1CCN(C(=O)Cn2ccnn2)CC1. The number of hydrogen-bond acceptors (Lipinski definition) is 6. The quantitative estimate of drug-likeness (QED) is 0.629. The number of nitrogens with zero attached hydrogens (tertiary/aromatic N) is 9. The minimum atomic E-state index is 0.0803. The first-order chi connectivity index (χ1) is 13.2. The van der Waals surface area contributed by atoms with Crippen molar-refractivity contribution in [2.24, 2.45) is 0 Å². The standard InChI is InChI=1S/C17H23N9O/c1-2-26-15(11-23-9-5-18-13-23)20-21-17(26)14-3-7-24(8-4-14)16(27)12-25-10-6-19-22-25/h5-6,9-10,13-14H,2-4,7-8,11-12H2,1H3. The minimum Gasteiger partial charge on any atom is -0.341 e. The van der Waals surface area contributed by atoms with Crippen molar-refractivity contribution in [1.29, 1.82) is 0 Å². The lowest BCUT2D eigenvalue weighted by Gasteiger charge is -2.31. The number of aromatic nitrogens is 8. The Morgan fingerprint density at radius 2 is 2.04 bits per heavy atom. The van der Waals surface area contributed by atoms with Crippen molar-refractivity contribution in [3.05, 3.63) is 42.8 Å². The zero-order chi connectivity index (χ0) is 18.6. The van der Waals surface area contributed by atoms with E-state index in [4.69, 9.17) is 0 Å². The highest BCUT2D eigenvalue weighted by Gasteiger charge is 2.28. The van der Waals surface area contributed by atoms with Gasteiger partial charge in [0.05, 0.1) is 19.1 Å². The van der Waals surface area contributed by atoms with Gasteiger partial charge in [-0.2, -0.15) is 0 Å². The molecule has 10 heteroatoms. The Kier molecular flexibility index (Phi) is 4.95. The highest BCUT2D eigenvalue weighted by atomic mass is 16.2. The lowest BCUT2D eigenvalue weighted by molar-refractivity contribution is -0.133. The fourth-order valence-corrected chi connectivity index (χ4v) is 3.60. The van der Waals surface area contributed by atoms with Gasteiger partial charge >= 0.3 is 0 Å². The molecule has 0 radical (unpaired) electrons. The number of carbonyl (C=O) groups excluding carboxylic acids is 1. The number of amides is 1. The Morgan fingerprint density at radius 3 is 2.70 bits per heavy atom. The summed E-state index contributed by atoms with van der Waals surface area (Å²) in [6.45, 7) is 5.30. The predicted molar refractivity (Wildman–Crippen MR) is 95.6 cm³/mol. The summed E-state index contributed by atoms with van der Waals surface area (Å²) < 4.78 is 5.74. The fourth-order valence-electron chi connectivity index (χ4n) is 3.60. The van der Waals surface area contributed by atoms with E-state index in [2.05, 4.69) is 37.0 Å². The van der Waals surface area contributed by atoms with E-state index >= 15 is 0 Å². The third-order valence-electron chi connectivity index (χ3n) is 5.04. The first kappa shape index (κ1) is 17.4. The van der Waals surface area contributed by atoms with Crippen LogP contribution in [0.1, 0.15) is 37.3 Å². The first-order valence-electron chi connectivity index (χ1n) is 9.24. The molecule has 0 unspecified atom stereocenters. The zero-order valence-electron chi connectivity index (χ0n) is 15.3. The van der Waals surface area contributed by atoms with Gasteiger partial charge in [0.2, 0.25) is 5.91 Å². The minimum absolute atomic E-state index is 0.0803. The van der Waals surface area contributed by atoms with Gasteiger partial charge in [0.1, 0.15) is 12.4 Å². The van der Waals surface area contributed by atoms with Gasteiger partial charge in [-0.25, -0.2) is 9.67 Å². The number of likely N-dealkylation sites (tertiary alicyclic amines) is 1. The van der Waals surface area contributed by atoms with E-state index in [0.717, 1.165) is 44.1 Å². The second-order valence-electron chi connectivity index (χ2n) is 6.71. The van der Waals surface area contributed by atoms with Crippen LogP contribution in [0.15, 0.2) is 31.1 Å². The topological polar surface area (TPSA) is 99.6 Å². The summed E-state index contributed by atoms with van der Waals surface area (Å²) >= 11 is 0. The largest absolute Gasteiger partial charge is 0.341 e. The van der Waals surface area contributed by atoms with Crippen molar-refractivity contribution in [2.45, 2.75) is 45.3 Å². The molecule has 10 nitrogen and oxygen atoms in total. The van der Waals surface area contributed by atoms with Crippen LogP contribution in [-0.2, 0) is 24.4 Å². The third-order valence-corrected chi connectivity index (χ3v) is 5.04. The van der Waals surface area contributed by atoms with Crippen LogP contribution in [-0.4, -0.2) is 63.2 Å². The Balaban J connectivity index is 1.39. The molecule has 0 atom stereocenters. The molecular weight excluding hydrogens is 346 g/mol. The molecule has 0 aromatic carbocycles. The molecule has 1 saturated heterocycles. The smallest absolute Gasteiger partial charge is 0.244 e. The molecular formula is C17H23N9O. The van der Waals surface area contributed by atoms with Gasteiger partial charge in [0, 0.05) is 44.1 Å². The Hall–Kier alpha value is -3.04. The summed E-state index contributed by atoms with van der Waals surface area (Å²) in [5.41, 5.74) is 0. The molecule has 0 saturated carbocycles. The van der Waals surface area contributed by atoms with Crippen LogP contribution >= 0.6 is 0 Å². The van der Waals surface area contributed by atoms with Crippen LogP contribution in [0.2, 0.25) is 0 Å². The van der Waals surface area contributed by atoms with Gasteiger partial charge in [0.25, 0.3) is 0 Å². The molecule has 0 N–H and O–H groups in total. The first-order valence-corrected chi connectivity index (χ1v) is 9.24. The Labute approximate surface area is 156 Å². The van der Waals surface area contributed by atoms with Crippen molar-refractivity contribution < 1.29 is 4.79 Å². The maximum absolute atomic E-state index is 12.4. The lowest BCUT2D eigenvalue weighted by atomic mass is 9.95. The summed E-state index contributed by atoms with van der Waals surface area (Å²) in [5, 5.41) is 16.5. The summed E-state index contributed by atoms with van der Waals surface area (Å²) in [6.07, 6.45) is 10.5. The summed E-state index contributed by atoms with van der Waals surface area (Å²) in [7, 11) is 0. The molecule has 1 aliphatic heterocycles. The van der Waals surface area contributed by atoms with E-state index < -0.39 is 0 Å². The maximum Gasteiger partial charge on any atom is 0.244 e. The molecule has 1 amide bonds. The normalized spacial score (nSPS) is 15.4. The molecule has 27 heavy (non-hydrogen) atoms. The molecule has 142 valence electrons.